The van der Waals surface area contributed by atoms with E-state index in [1.807, 2.05) is 6.07 Å². The van der Waals surface area contributed by atoms with E-state index in [2.05, 4.69) is 59.6 Å². The molecule has 146 valence electrons. The highest BCUT2D eigenvalue weighted by Gasteiger charge is 2.48. The Morgan fingerprint density at radius 1 is 0.964 bits per heavy atom. The third-order valence-electron chi connectivity index (χ3n) is 7.28. The standard InChI is InChI=1S/C24H28FN3/c1-28(2)24(17-6-5-7-18(25)16-17)13-11-23(12-14-24)22-20(10-15-26-23)19-8-3-4-9-21(19)27-22/h3-9,16,26-27H,10-15H2,1-2H3/t23-,24-. The topological polar surface area (TPSA) is 31.1 Å². The number of para-hydroxylation sites is 1. The molecule has 0 saturated heterocycles. The lowest BCUT2D eigenvalue weighted by Gasteiger charge is -2.51. The Balaban J connectivity index is 1.53. The highest BCUT2D eigenvalue weighted by molar-refractivity contribution is 5.85. The van der Waals surface area contributed by atoms with Gasteiger partial charge in [0, 0.05) is 28.7 Å². The summed E-state index contributed by atoms with van der Waals surface area (Å²) in [7, 11) is 4.26. The van der Waals surface area contributed by atoms with Crippen LogP contribution in [0, 0.1) is 5.82 Å². The molecule has 1 spiro atoms. The van der Waals surface area contributed by atoms with Crippen molar-refractivity contribution in [1.29, 1.82) is 0 Å². The van der Waals surface area contributed by atoms with Crippen molar-refractivity contribution in [1.82, 2.24) is 15.2 Å². The second kappa shape index (κ2) is 6.43. The highest BCUT2D eigenvalue weighted by Crippen LogP contribution is 2.50. The Morgan fingerprint density at radius 2 is 1.75 bits per heavy atom. The average molecular weight is 378 g/mol. The summed E-state index contributed by atoms with van der Waals surface area (Å²) in [6.45, 7) is 1.02. The number of aromatic nitrogens is 1. The van der Waals surface area contributed by atoms with E-state index in [0.717, 1.165) is 44.2 Å². The van der Waals surface area contributed by atoms with Gasteiger partial charge in [0.05, 0.1) is 5.54 Å². The number of aromatic amines is 1. The normalized spacial score (nSPS) is 27.4. The summed E-state index contributed by atoms with van der Waals surface area (Å²) in [6, 6.07) is 15.8. The van der Waals surface area contributed by atoms with Gasteiger partial charge in [0.2, 0.25) is 0 Å². The SMILES string of the molecule is CN(C)[C@]1(c2cccc(F)c2)CC[C@]2(CC1)NCCc1c3ccccc3[nH]c12. The maximum Gasteiger partial charge on any atom is 0.123 e. The summed E-state index contributed by atoms with van der Waals surface area (Å²) in [4.78, 5) is 6.04. The van der Waals surface area contributed by atoms with Gasteiger partial charge in [0.15, 0.2) is 0 Å². The summed E-state index contributed by atoms with van der Waals surface area (Å²) in [5.41, 5.74) is 5.09. The Morgan fingerprint density at radius 3 is 2.50 bits per heavy atom. The van der Waals surface area contributed by atoms with E-state index >= 15 is 0 Å². The Bertz CT molecular complexity index is 1010. The Kier molecular flexibility index (Phi) is 4.11. The fourth-order valence-corrected chi connectivity index (χ4v) is 5.67. The van der Waals surface area contributed by atoms with Gasteiger partial charge in [-0.15, -0.1) is 0 Å². The molecule has 2 aliphatic rings. The molecule has 1 fully saturated rings. The van der Waals surface area contributed by atoms with Gasteiger partial charge < -0.3 is 10.3 Å². The largest absolute Gasteiger partial charge is 0.357 e. The van der Waals surface area contributed by atoms with Gasteiger partial charge >= 0.3 is 0 Å². The molecule has 0 atom stereocenters. The molecule has 3 nitrogen and oxygen atoms in total. The lowest BCUT2D eigenvalue weighted by atomic mass is 9.66. The molecule has 5 rings (SSSR count). The van der Waals surface area contributed by atoms with Crippen molar-refractivity contribution in [2.45, 2.75) is 43.2 Å². The Labute approximate surface area is 165 Å². The van der Waals surface area contributed by atoms with E-state index in [4.69, 9.17) is 0 Å². The maximum absolute atomic E-state index is 14.0. The van der Waals surface area contributed by atoms with Crippen LogP contribution in [0.15, 0.2) is 48.5 Å². The third-order valence-corrected chi connectivity index (χ3v) is 7.28. The van der Waals surface area contributed by atoms with Crippen LogP contribution in [0.3, 0.4) is 0 Å². The van der Waals surface area contributed by atoms with E-state index in [-0.39, 0.29) is 16.9 Å². The molecule has 1 aromatic heterocycles. The summed E-state index contributed by atoms with van der Waals surface area (Å²) >= 11 is 0. The predicted molar refractivity (Wildman–Crippen MR) is 112 cm³/mol. The van der Waals surface area contributed by atoms with Crippen LogP contribution in [0.5, 0.6) is 0 Å². The monoisotopic (exact) mass is 377 g/mol. The zero-order valence-electron chi connectivity index (χ0n) is 16.7. The molecule has 28 heavy (non-hydrogen) atoms. The van der Waals surface area contributed by atoms with E-state index in [1.165, 1.54) is 28.2 Å². The van der Waals surface area contributed by atoms with E-state index in [9.17, 15) is 4.39 Å². The number of rotatable bonds is 2. The van der Waals surface area contributed by atoms with Crippen molar-refractivity contribution in [3.05, 3.63) is 71.2 Å². The fourth-order valence-electron chi connectivity index (χ4n) is 5.67. The van der Waals surface area contributed by atoms with Crippen LogP contribution in [-0.2, 0) is 17.5 Å². The summed E-state index contributed by atoms with van der Waals surface area (Å²) in [5.74, 6) is -0.146. The number of fused-ring (bicyclic) bond motifs is 4. The molecule has 1 aliphatic heterocycles. The molecule has 1 aliphatic carbocycles. The van der Waals surface area contributed by atoms with Gasteiger partial charge in [-0.05, 0) is 75.5 Å². The molecule has 0 unspecified atom stereocenters. The van der Waals surface area contributed by atoms with E-state index < -0.39 is 0 Å². The molecule has 0 bridgehead atoms. The van der Waals surface area contributed by atoms with Crippen LogP contribution in [0.1, 0.15) is 42.5 Å². The first-order valence-electron chi connectivity index (χ1n) is 10.3. The summed E-state index contributed by atoms with van der Waals surface area (Å²) in [6.07, 6.45) is 5.17. The number of benzene rings is 2. The molecular weight excluding hydrogens is 349 g/mol. The molecular formula is C24H28FN3. The number of nitrogens with zero attached hydrogens (tertiary/aromatic N) is 1. The highest BCUT2D eigenvalue weighted by atomic mass is 19.1. The van der Waals surface area contributed by atoms with Crippen LogP contribution in [0.25, 0.3) is 10.9 Å². The van der Waals surface area contributed by atoms with Crippen LogP contribution in [0.4, 0.5) is 4.39 Å². The summed E-state index contributed by atoms with van der Waals surface area (Å²) < 4.78 is 14.0. The minimum Gasteiger partial charge on any atom is -0.357 e. The zero-order chi connectivity index (χ0) is 19.4. The van der Waals surface area contributed by atoms with Gasteiger partial charge in [-0.3, -0.25) is 4.90 Å². The van der Waals surface area contributed by atoms with Crippen molar-refractivity contribution in [3.63, 3.8) is 0 Å². The molecule has 3 aromatic rings. The number of hydrogen-bond donors (Lipinski definition) is 2. The van der Waals surface area contributed by atoms with Crippen LogP contribution in [-0.4, -0.2) is 30.5 Å². The van der Waals surface area contributed by atoms with E-state index in [0.29, 0.717) is 0 Å². The second-order valence-electron chi connectivity index (χ2n) is 8.72. The first-order chi connectivity index (χ1) is 13.5. The van der Waals surface area contributed by atoms with Gasteiger partial charge in [-0.25, -0.2) is 4.39 Å². The quantitative estimate of drug-likeness (QED) is 0.679. The van der Waals surface area contributed by atoms with Crippen LogP contribution in [0.2, 0.25) is 0 Å². The first kappa shape index (κ1) is 17.9. The molecule has 4 heteroatoms. The van der Waals surface area contributed by atoms with Crippen molar-refractivity contribution < 1.29 is 4.39 Å². The van der Waals surface area contributed by atoms with Gasteiger partial charge in [-0.1, -0.05) is 30.3 Å². The van der Waals surface area contributed by atoms with Crippen LogP contribution < -0.4 is 5.32 Å². The molecule has 2 aromatic carbocycles. The smallest absolute Gasteiger partial charge is 0.123 e. The zero-order valence-corrected chi connectivity index (χ0v) is 16.7. The number of H-pyrrole nitrogens is 1. The maximum atomic E-state index is 14.0. The lowest BCUT2D eigenvalue weighted by Crippen LogP contribution is -2.55. The second-order valence-corrected chi connectivity index (χ2v) is 8.72. The minimum atomic E-state index is -0.146. The minimum absolute atomic E-state index is 0.000557. The Hall–Kier alpha value is -2.17. The predicted octanol–water partition coefficient (Wildman–Crippen LogP) is 4.68. The van der Waals surface area contributed by atoms with Crippen LogP contribution >= 0.6 is 0 Å². The third kappa shape index (κ3) is 2.55. The van der Waals surface area contributed by atoms with Crippen molar-refractivity contribution in [2.24, 2.45) is 0 Å². The van der Waals surface area contributed by atoms with Gasteiger partial charge in [0.1, 0.15) is 5.82 Å². The molecule has 1 saturated carbocycles. The number of hydrogen-bond acceptors (Lipinski definition) is 2. The first-order valence-corrected chi connectivity index (χ1v) is 10.3. The van der Waals surface area contributed by atoms with Gasteiger partial charge in [0.25, 0.3) is 0 Å². The average Bonchev–Trinajstić information content (AvgIpc) is 3.09. The lowest BCUT2D eigenvalue weighted by molar-refractivity contribution is 0.0494. The molecule has 2 heterocycles. The molecule has 0 radical (unpaired) electrons. The number of halogens is 1. The molecule has 2 N–H and O–H groups in total. The van der Waals surface area contributed by atoms with Gasteiger partial charge in [-0.2, -0.15) is 0 Å². The van der Waals surface area contributed by atoms with E-state index in [1.54, 1.807) is 6.07 Å². The van der Waals surface area contributed by atoms with Crippen molar-refractivity contribution >= 4 is 10.9 Å². The van der Waals surface area contributed by atoms with Crippen molar-refractivity contribution in [3.8, 4) is 0 Å². The summed E-state index contributed by atoms with van der Waals surface area (Å²) in [5, 5.41) is 5.24. The molecule has 0 amide bonds. The fraction of sp³-hybridized carbons (Fsp3) is 0.417. The van der Waals surface area contributed by atoms with Crippen molar-refractivity contribution in [2.75, 3.05) is 20.6 Å². The number of nitrogens with one attached hydrogen (secondary N) is 2.